The maximum Gasteiger partial charge on any atom is 0.251 e. The molecule has 3 rings (SSSR count). The molecule has 0 bridgehead atoms. The van der Waals surface area contributed by atoms with Gasteiger partial charge in [0.15, 0.2) is 0 Å². The molecule has 1 atom stereocenters. The lowest BCUT2D eigenvalue weighted by molar-refractivity contribution is -0.192. The first kappa shape index (κ1) is 22.1. The number of piperidine rings is 1. The van der Waals surface area contributed by atoms with E-state index in [-0.39, 0.29) is 35.5 Å². The van der Waals surface area contributed by atoms with Gasteiger partial charge in [0.2, 0.25) is 0 Å². The molecule has 0 saturated carbocycles. The van der Waals surface area contributed by atoms with Crippen LogP contribution < -0.4 is 0 Å². The van der Waals surface area contributed by atoms with Gasteiger partial charge in [0.25, 0.3) is 5.91 Å². The molecule has 1 amide bonds. The van der Waals surface area contributed by atoms with Gasteiger partial charge in [-0.3, -0.25) is 4.79 Å². The highest BCUT2D eigenvalue weighted by Gasteiger charge is 2.45. The van der Waals surface area contributed by atoms with E-state index in [2.05, 4.69) is 4.90 Å². The summed E-state index contributed by atoms with van der Waals surface area (Å²) < 4.78 is 33.7. The number of hydrogen-bond acceptors (Lipinski definition) is 3. The monoisotopic (exact) mass is 402 g/mol. The number of carbonyl (C=O) groups is 1. The Labute approximate surface area is 166 Å². The van der Waals surface area contributed by atoms with Crippen molar-refractivity contribution in [1.29, 1.82) is 0 Å². The summed E-state index contributed by atoms with van der Waals surface area (Å²) in [4.78, 5) is 16.4. The molecule has 4 nitrogen and oxygen atoms in total. The fourth-order valence-corrected chi connectivity index (χ4v) is 4.02. The molecule has 2 aliphatic rings. The van der Waals surface area contributed by atoms with E-state index in [1.54, 1.807) is 0 Å². The maximum atomic E-state index is 13.8. The number of amides is 1. The van der Waals surface area contributed by atoms with Crippen molar-refractivity contribution in [3.05, 3.63) is 35.4 Å². The molecule has 1 aromatic rings. The van der Waals surface area contributed by atoms with Crippen molar-refractivity contribution < 1.29 is 18.3 Å². The molecule has 2 heterocycles. The largest absolute Gasteiger partial charge is 0.360 e. The van der Waals surface area contributed by atoms with E-state index in [0.29, 0.717) is 19.5 Å². The standard InChI is InChI=1S/C20H28F2N2O2.ClH/c1-14(2)24-13-20(26-15(3)19(24)25)8-11-23(12-9-20)10-7-16-17(21)5-4-6-18(16)22;/h4-6,14-15H,7-13H2,1-3H3;1H. The average molecular weight is 403 g/mol. The highest BCUT2D eigenvalue weighted by molar-refractivity contribution is 5.85. The minimum absolute atomic E-state index is 0. The fraction of sp³-hybridized carbons (Fsp3) is 0.650. The van der Waals surface area contributed by atoms with Gasteiger partial charge in [0.05, 0.1) is 12.1 Å². The van der Waals surface area contributed by atoms with Crippen LogP contribution in [0.15, 0.2) is 18.2 Å². The summed E-state index contributed by atoms with van der Waals surface area (Å²) in [6, 6.07) is 4.16. The second-order valence-electron chi connectivity index (χ2n) is 7.79. The van der Waals surface area contributed by atoms with Crippen LogP contribution in [-0.4, -0.2) is 59.6 Å². The number of morpholine rings is 1. The van der Waals surface area contributed by atoms with Crippen LogP contribution in [0.5, 0.6) is 0 Å². The summed E-state index contributed by atoms with van der Waals surface area (Å²) >= 11 is 0. The van der Waals surface area contributed by atoms with E-state index in [1.807, 2.05) is 25.7 Å². The third-order valence-electron chi connectivity index (χ3n) is 5.65. The topological polar surface area (TPSA) is 32.8 Å². The van der Waals surface area contributed by atoms with Crippen LogP contribution in [0.1, 0.15) is 39.2 Å². The fourth-order valence-electron chi connectivity index (χ4n) is 4.02. The molecule has 0 aromatic heterocycles. The third kappa shape index (κ3) is 4.79. The van der Waals surface area contributed by atoms with Crippen LogP contribution in [0.25, 0.3) is 0 Å². The Morgan fingerprint density at radius 2 is 1.81 bits per heavy atom. The van der Waals surface area contributed by atoms with Crippen LogP contribution in [0, 0.1) is 11.6 Å². The number of ether oxygens (including phenoxy) is 1. The first-order valence-corrected chi connectivity index (χ1v) is 9.45. The molecule has 7 heteroatoms. The lowest BCUT2D eigenvalue weighted by Gasteiger charge is -2.50. The Kier molecular flexibility index (Phi) is 7.22. The molecule has 2 fully saturated rings. The number of carbonyl (C=O) groups excluding carboxylic acids is 1. The predicted molar refractivity (Wildman–Crippen MR) is 103 cm³/mol. The number of halogens is 3. The lowest BCUT2D eigenvalue weighted by Crippen LogP contribution is -2.62. The molecule has 152 valence electrons. The van der Waals surface area contributed by atoms with Gasteiger partial charge in [-0.1, -0.05) is 6.07 Å². The molecule has 0 radical (unpaired) electrons. The number of likely N-dealkylation sites (tertiary alicyclic amines) is 1. The molecule has 1 unspecified atom stereocenters. The summed E-state index contributed by atoms with van der Waals surface area (Å²) in [6.07, 6.45) is 1.60. The van der Waals surface area contributed by atoms with Gasteiger partial charge in [-0.2, -0.15) is 0 Å². The van der Waals surface area contributed by atoms with Gasteiger partial charge in [0, 0.05) is 31.2 Å². The molecule has 1 aromatic carbocycles. The lowest BCUT2D eigenvalue weighted by atomic mass is 9.87. The zero-order chi connectivity index (χ0) is 18.9. The number of nitrogens with zero attached hydrogens (tertiary/aromatic N) is 2. The highest BCUT2D eigenvalue weighted by atomic mass is 35.5. The summed E-state index contributed by atoms with van der Waals surface area (Å²) in [7, 11) is 0. The summed E-state index contributed by atoms with van der Waals surface area (Å²) in [5.41, 5.74) is -0.135. The molecule has 2 saturated heterocycles. The van der Waals surface area contributed by atoms with E-state index < -0.39 is 17.7 Å². The number of hydrogen-bond donors (Lipinski definition) is 0. The Hall–Kier alpha value is -1.24. The summed E-state index contributed by atoms with van der Waals surface area (Å²) in [5, 5.41) is 0. The number of benzene rings is 1. The minimum atomic E-state index is -0.478. The molecular formula is C20H29ClF2N2O2. The van der Waals surface area contributed by atoms with Crippen LogP contribution >= 0.6 is 12.4 Å². The predicted octanol–water partition coefficient (Wildman–Crippen LogP) is 3.42. The van der Waals surface area contributed by atoms with Crippen molar-refractivity contribution in [3.63, 3.8) is 0 Å². The van der Waals surface area contributed by atoms with Crippen molar-refractivity contribution in [2.75, 3.05) is 26.2 Å². The van der Waals surface area contributed by atoms with E-state index >= 15 is 0 Å². The smallest absolute Gasteiger partial charge is 0.251 e. The summed E-state index contributed by atoms with van der Waals surface area (Å²) in [5.74, 6) is -0.897. The van der Waals surface area contributed by atoms with Gasteiger partial charge in [-0.15, -0.1) is 12.4 Å². The molecule has 2 aliphatic heterocycles. The SMILES string of the molecule is CC1OC2(CCN(CCc3c(F)cccc3F)CC2)CN(C(C)C)C1=O.Cl. The van der Waals surface area contributed by atoms with Crippen molar-refractivity contribution in [2.24, 2.45) is 0 Å². The van der Waals surface area contributed by atoms with Crippen LogP contribution in [0.2, 0.25) is 0 Å². The zero-order valence-corrected chi connectivity index (χ0v) is 17.0. The Morgan fingerprint density at radius 3 is 2.37 bits per heavy atom. The van der Waals surface area contributed by atoms with Crippen molar-refractivity contribution in [1.82, 2.24) is 9.80 Å². The van der Waals surface area contributed by atoms with Gasteiger partial charge < -0.3 is 14.5 Å². The van der Waals surface area contributed by atoms with Crippen LogP contribution in [0.4, 0.5) is 8.78 Å². The molecular weight excluding hydrogens is 374 g/mol. The second kappa shape index (κ2) is 8.84. The highest BCUT2D eigenvalue weighted by Crippen LogP contribution is 2.33. The first-order chi connectivity index (χ1) is 12.3. The normalized spacial score (nSPS) is 23.0. The Bertz CT molecular complexity index is 643. The maximum absolute atomic E-state index is 13.8. The summed E-state index contributed by atoms with van der Waals surface area (Å²) in [6.45, 7) is 8.75. The van der Waals surface area contributed by atoms with E-state index in [0.717, 1.165) is 25.9 Å². The van der Waals surface area contributed by atoms with E-state index in [4.69, 9.17) is 4.74 Å². The molecule has 0 aliphatic carbocycles. The Morgan fingerprint density at radius 1 is 1.22 bits per heavy atom. The third-order valence-corrected chi connectivity index (χ3v) is 5.65. The van der Waals surface area contributed by atoms with Gasteiger partial charge >= 0.3 is 0 Å². The van der Waals surface area contributed by atoms with Crippen LogP contribution in [-0.2, 0) is 16.0 Å². The molecule has 1 spiro atoms. The van der Waals surface area contributed by atoms with Crippen molar-refractivity contribution in [2.45, 2.75) is 57.8 Å². The Balaban J connectivity index is 0.00000261. The quantitative estimate of drug-likeness (QED) is 0.773. The van der Waals surface area contributed by atoms with E-state index in [9.17, 15) is 13.6 Å². The number of rotatable bonds is 4. The zero-order valence-electron chi connectivity index (χ0n) is 16.2. The second-order valence-corrected chi connectivity index (χ2v) is 7.79. The van der Waals surface area contributed by atoms with Gasteiger partial charge in [-0.05, 0) is 52.2 Å². The molecule has 27 heavy (non-hydrogen) atoms. The van der Waals surface area contributed by atoms with Crippen molar-refractivity contribution in [3.8, 4) is 0 Å². The van der Waals surface area contributed by atoms with Crippen molar-refractivity contribution >= 4 is 18.3 Å². The minimum Gasteiger partial charge on any atom is -0.360 e. The average Bonchev–Trinajstić information content (AvgIpc) is 2.59. The van der Waals surface area contributed by atoms with Gasteiger partial charge in [0.1, 0.15) is 17.7 Å². The van der Waals surface area contributed by atoms with Gasteiger partial charge in [-0.25, -0.2) is 8.78 Å². The molecule has 0 N–H and O–H groups in total. The first-order valence-electron chi connectivity index (χ1n) is 9.45. The van der Waals surface area contributed by atoms with Crippen LogP contribution in [0.3, 0.4) is 0 Å². The van der Waals surface area contributed by atoms with E-state index in [1.165, 1.54) is 18.2 Å².